The fraction of sp³-hybridized carbons (Fsp3) is 0.548. The largest absolute Gasteiger partial charge is 0.347 e. The Balaban J connectivity index is 1.46. The molecule has 2 amide bonds. The maximum Gasteiger partial charge on any atom is 0.256 e. The second kappa shape index (κ2) is 13.6. The third kappa shape index (κ3) is 6.99. The summed E-state index contributed by atoms with van der Waals surface area (Å²) in [4.78, 5) is 34.7. The lowest BCUT2D eigenvalue weighted by Crippen LogP contribution is -2.64. The Hall–Kier alpha value is -2.19. The van der Waals surface area contributed by atoms with Crippen LogP contribution in [0.1, 0.15) is 60.4 Å². The van der Waals surface area contributed by atoms with E-state index in [4.69, 9.17) is 23.2 Å². The molecule has 40 heavy (non-hydrogen) atoms. The highest BCUT2D eigenvalue weighted by atomic mass is 35.5. The molecule has 1 atom stereocenters. The van der Waals surface area contributed by atoms with E-state index in [2.05, 4.69) is 9.80 Å². The fourth-order valence-corrected chi connectivity index (χ4v) is 6.58. The van der Waals surface area contributed by atoms with Crippen molar-refractivity contribution in [3.05, 3.63) is 69.5 Å². The van der Waals surface area contributed by atoms with Gasteiger partial charge in [0.2, 0.25) is 5.91 Å². The predicted molar refractivity (Wildman–Crippen MR) is 160 cm³/mol. The van der Waals surface area contributed by atoms with Crippen molar-refractivity contribution in [2.24, 2.45) is 0 Å². The van der Waals surface area contributed by atoms with Crippen LogP contribution in [-0.4, -0.2) is 97.4 Å². The number of amides is 2. The first kappa shape index (κ1) is 30.8. The molecule has 0 radical (unpaired) electrons. The average molecular weight is 592 g/mol. The summed E-state index contributed by atoms with van der Waals surface area (Å²) in [6.45, 7) is 4.89. The van der Waals surface area contributed by atoms with Gasteiger partial charge in [0, 0.05) is 46.7 Å². The highest BCUT2D eigenvalue weighted by Gasteiger charge is 2.47. The van der Waals surface area contributed by atoms with Gasteiger partial charge in [-0.15, -0.1) is 0 Å². The van der Waals surface area contributed by atoms with Gasteiger partial charge in [-0.05, 0) is 81.6 Å². The molecule has 2 aromatic carbocycles. The van der Waals surface area contributed by atoms with Gasteiger partial charge in [-0.2, -0.15) is 0 Å². The molecule has 9 heteroatoms. The maximum absolute atomic E-state index is 14.3. The van der Waals surface area contributed by atoms with E-state index < -0.39 is 11.4 Å². The third-order valence-electron chi connectivity index (χ3n) is 8.60. The quantitative estimate of drug-likeness (QED) is 0.371. The van der Waals surface area contributed by atoms with Crippen molar-refractivity contribution in [2.75, 3.05) is 60.4 Å². The minimum Gasteiger partial charge on any atom is -0.347 e. The summed E-state index contributed by atoms with van der Waals surface area (Å²) >= 11 is 12.6. The van der Waals surface area contributed by atoms with Gasteiger partial charge in [-0.25, -0.2) is 4.39 Å². The summed E-state index contributed by atoms with van der Waals surface area (Å²) in [7, 11) is 5.43. The summed E-state index contributed by atoms with van der Waals surface area (Å²) in [6, 6.07) is 11.7. The fourth-order valence-electron chi connectivity index (χ4n) is 6.27. The van der Waals surface area contributed by atoms with E-state index >= 15 is 0 Å². The van der Waals surface area contributed by atoms with Gasteiger partial charge in [0.1, 0.15) is 11.4 Å². The van der Waals surface area contributed by atoms with Gasteiger partial charge in [-0.1, -0.05) is 47.8 Å². The van der Waals surface area contributed by atoms with Crippen LogP contribution in [-0.2, 0) is 4.79 Å². The topological polar surface area (TPSA) is 47.1 Å². The zero-order chi connectivity index (χ0) is 28.9. The molecule has 2 aliphatic rings. The summed E-state index contributed by atoms with van der Waals surface area (Å²) < 4.78 is 14.3. The minimum atomic E-state index is -0.525. The lowest BCUT2D eigenvalue weighted by molar-refractivity contribution is -0.147. The van der Waals surface area contributed by atoms with Crippen molar-refractivity contribution in [1.82, 2.24) is 19.6 Å². The zero-order valence-corrected chi connectivity index (χ0v) is 25.4. The van der Waals surface area contributed by atoms with Gasteiger partial charge in [0.25, 0.3) is 5.91 Å². The first-order valence-corrected chi connectivity index (χ1v) is 15.0. The number of carbonyl (C=O) groups excluding carboxylic acids is 2. The lowest BCUT2D eigenvalue weighted by atomic mass is 9.82. The number of piperidine rings is 2. The van der Waals surface area contributed by atoms with Gasteiger partial charge in [0.15, 0.2) is 0 Å². The van der Waals surface area contributed by atoms with Crippen LogP contribution in [0, 0.1) is 5.82 Å². The summed E-state index contributed by atoms with van der Waals surface area (Å²) in [6.07, 6.45) is 5.94. The Morgan fingerprint density at radius 3 is 2.25 bits per heavy atom. The van der Waals surface area contributed by atoms with E-state index in [9.17, 15) is 14.0 Å². The molecule has 2 saturated heterocycles. The van der Waals surface area contributed by atoms with Crippen LogP contribution in [0.15, 0.2) is 42.5 Å². The Labute approximate surface area is 248 Å². The molecule has 6 nitrogen and oxygen atoms in total. The van der Waals surface area contributed by atoms with Gasteiger partial charge < -0.3 is 14.7 Å². The van der Waals surface area contributed by atoms with Crippen molar-refractivity contribution in [3.63, 3.8) is 0 Å². The van der Waals surface area contributed by atoms with Gasteiger partial charge in [0.05, 0.1) is 15.6 Å². The smallest absolute Gasteiger partial charge is 0.256 e. The number of benzene rings is 2. The van der Waals surface area contributed by atoms with Crippen LogP contribution >= 0.6 is 23.2 Å². The van der Waals surface area contributed by atoms with Crippen molar-refractivity contribution in [3.8, 4) is 0 Å². The van der Waals surface area contributed by atoms with E-state index in [1.54, 1.807) is 35.0 Å². The number of nitrogens with zero attached hydrogens (tertiary/aromatic N) is 4. The SMILES string of the molecule is CN(C)C(=O)C1(N2CCCCC2)CCN(CCC(CN(C)C(=O)c2ccccc2F)c2ccc(Cl)c(Cl)c2)CC1. The third-order valence-corrected chi connectivity index (χ3v) is 9.34. The molecular weight excluding hydrogens is 550 g/mol. The Bertz CT molecular complexity index is 1180. The van der Waals surface area contributed by atoms with Crippen LogP contribution in [0.2, 0.25) is 10.0 Å². The molecule has 0 N–H and O–H groups in total. The summed E-state index contributed by atoms with van der Waals surface area (Å²) in [5.74, 6) is -0.679. The number of rotatable bonds is 9. The van der Waals surface area contributed by atoms with E-state index in [1.165, 1.54) is 18.6 Å². The Kier molecular flexibility index (Phi) is 10.5. The van der Waals surface area contributed by atoms with E-state index in [0.29, 0.717) is 16.6 Å². The molecule has 0 spiro atoms. The molecule has 2 heterocycles. The molecule has 0 saturated carbocycles. The van der Waals surface area contributed by atoms with Crippen molar-refractivity contribution < 1.29 is 14.0 Å². The maximum atomic E-state index is 14.3. The molecule has 0 aliphatic carbocycles. The van der Waals surface area contributed by atoms with Crippen molar-refractivity contribution in [1.29, 1.82) is 0 Å². The van der Waals surface area contributed by atoms with Crippen LogP contribution < -0.4 is 0 Å². The molecule has 2 aliphatic heterocycles. The average Bonchev–Trinajstić information content (AvgIpc) is 2.96. The second-order valence-corrected chi connectivity index (χ2v) is 12.3. The Morgan fingerprint density at radius 1 is 0.950 bits per heavy atom. The number of likely N-dealkylation sites (N-methyl/N-ethyl adjacent to an activating group) is 2. The summed E-state index contributed by atoms with van der Waals surface area (Å²) in [5.41, 5.74) is 0.634. The van der Waals surface area contributed by atoms with E-state index in [1.807, 2.05) is 26.2 Å². The molecule has 0 bridgehead atoms. The second-order valence-electron chi connectivity index (χ2n) is 11.4. The summed E-state index contributed by atoms with van der Waals surface area (Å²) in [5, 5.41) is 0.953. The molecule has 0 aromatic heterocycles. The molecule has 2 aromatic rings. The van der Waals surface area contributed by atoms with E-state index in [-0.39, 0.29) is 23.3 Å². The molecule has 4 rings (SSSR count). The normalized spacial score (nSPS) is 18.8. The van der Waals surface area contributed by atoms with Crippen LogP contribution in [0.4, 0.5) is 4.39 Å². The molecule has 2 fully saturated rings. The number of likely N-dealkylation sites (tertiary alicyclic amines) is 2. The van der Waals surface area contributed by atoms with Crippen LogP contribution in [0.25, 0.3) is 0 Å². The number of hydrogen-bond acceptors (Lipinski definition) is 4. The highest BCUT2D eigenvalue weighted by molar-refractivity contribution is 6.42. The predicted octanol–water partition coefficient (Wildman–Crippen LogP) is 5.79. The Morgan fingerprint density at radius 2 is 1.62 bits per heavy atom. The van der Waals surface area contributed by atoms with Crippen molar-refractivity contribution >= 4 is 35.0 Å². The molecule has 1 unspecified atom stereocenters. The number of hydrogen-bond donors (Lipinski definition) is 0. The highest BCUT2D eigenvalue weighted by Crippen LogP contribution is 2.34. The zero-order valence-electron chi connectivity index (χ0n) is 23.8. The first-order chi connectivity index (χ1) is 19.1. The first-order valence-electron chi connectivity index (χ1n) is 14.3. The van der Waals surface area contributed by atoms with Gasteiger partial charge >= 0.3 is 0 Å². The van der Waals surface area contributed by atoms with Crippen LogP contribution in [0.3, 0.4) is 0 Å². The van der Waals surface area contributed by atoms with E-state index in [0.717, 1.165) is 70.4 Å². The van der Waals surface area contributed by atoms with Crippen molar-refractivity contribution in [2.45, 2.75) is 50.0 Å². The molecule has 218 valence electrons. The molecular formula is C31H41Cl2FN4O2. The van der Waals surface area contributed by atoms with Crippen LogP contribution in [0.5, 0.6) is 0 Å². The lowest BCUT2D eigenvalue weighted by Gasteiger charge is -2.50. The van der Waals surface area contributed by atoms with Gasteiger partial charge in [-0.3, -0.25) is 14.5 Å². The minimum absolute atomic E-state index is 0.0207. The standard InChI is InChI=1S/C31H41Cl2FN4O2/c1-35(2)30(40)31(38-16-7-4-8-17-38)14-19-37(20-15-31)18-13-24(23-11-12-26(32)27(33)21-23)22-36(3)29(39)25-9-5-6-10-28(25)34/h5-6,9-12,21,24H,4,7-8,13-20,22H2,1-3H3. The number of carbonyl (C=O) groups is 2. The number of halogens is 3. The monoisotopic (exact) mass is 590 g/mol.